The van der Waals surface area contributed by atoms with Gasteiger partial charge in [0.1, 0.15) is 11.5 Å². The molecule has 2 aromatic carbocycles. The molecule has 0 spiro atoms. The maximum Gasteiger partial charge on any atom is 0.323 e. The van der Waals surface area contributed by atoms with Gasteiger partial charge in [0, 0.05) is 43.5 Å². The topological polar surface area (TPSA) is 113 Å². The summed E-state index contributed by atoms with van der Waals surface area (Å²) in [5.74, 6) is 1.64. The number of amides is 3. The number of likely N-dealkylation sites (N-methyl/N-ethyl adjacent to an activating group) is 1. The maximum absolute atomic E-state index is 14.4. The molecule has 10 heteroatoms. The van der Waals surface area contributed by atoms with Gasteiger partial charge in [0.15, 0.2) is 0 Å². The fourth-order valence-corrected chi connectivity index (χ4v) is 6.62. The standard InChI is InChI=1S/C37H56N4O6/c1-26-22-41(27(2)25-42)36(43)33-21-31(39-37(44)38-30-14-17-32(45-5)18-15-30)16-19-34(33)47-28(3)11-9-10-20-46-35(26)24-40(4)23-29-12-7-6-8-13-29/h14-19,21,26-29,35,42H,6-13,20,22-25H2,1-5H3,(H2,38,39,44)/t26-,27+,28-,35+/m0/s1. The fourth-order valence-electron chi connectivity index (χ4n) is 6.62. The van der Waals surface area contributed by atoms with Gasteiger partial charge >= 0.3 is 6.03 Å². The van der Waals surface area contributed by atoms with E-state index in [4.69, 9.17) is 14.2 Å². The Bertz CT molecular complexity index is 1270. The third-order valence-corrected chi connectivity index (χ3v) is 9.44. The van der Waals surface area contributed by atoms with Gasteiger partial charge in [-0.2, -0.15) is 0 Å². The number of rotatable bonds is 9. The van der Waals surface area contributed by atoms with Crippen LogP contribution in [0.25, 0.3) is 0 Å². The number of hydrogen-bond donors (Lipinski definition) is 3. The molecule has 1 aliphatic heterocycles. The summed E-state index contributed by atoms with van der Waals surface area (Å²) in [6.07, 6.45) is 9.08. The summed E-state index contributed by atoms with van der Waals surface area (Å²) in [7, 11) is 3.77. The molecule has 1 heterocycles. The molecule has 1 saturated carbocycles. The van der Waals surface area contributed by atoms with E-state index in [9.17, 15) is 14.7 Å². The van der Waals surface area contributed by atoms with Gasteiger partial charge in [-0.05, 0) is 101 Å². The Labute approximate surface area is 281 Å². The Kier molecular flexibility index (Phi) is 14.2. The average molecular weight is 653 g/mol. The lowest BCUT2D eigenvalue weighted by molar-refractivity contribution is -0.0190. The van der Waals surface area contributed by atoms with Crippen molar-refractivity contribution in [2.24, 2.45) is 11.8 Å². The number of carbonyl (C=O) groups is 2. The first-order valence-corrected chi connectivity index (χ1v) is 17.4. The number of hydrogen-bond acceptors (Lipinski definition) is 7. The Hall–Kier alpha value is -3.34. The molecule has 0 bridgehead atoms. The Balaban J connectivity index is 1.55. The van der Waals surface area contributed by atoms with Crippen molar-refractivity contribution in [3.63, 3.8) is 0 Å². The van der Waals surface area contributed by atoms with E-state index in [1.807, 2.05) is 13.8 Å². The number of ether oxygens (including phenoxy) is 3. The molecule has 4 rings (SSSR count). The highest BCUT2D eigenvalue weighted by molar-refractivity contribution is 6.02. The summed E-state index contributed by atoms with van der Waals surface area (Å²) < 4.78 is 18.1. The summed E-state index contributed by atoms with van der Waals surface area (Å²) in [4.78, 5) is 31.4. The molecule has 47 heavy (non-hydrogen) atoms. The molecule has 2 aliphatic rings. The van der Waals surface area contributed by atoms with Crippen LogP contribution in [0.15, 0.2) is 42.5 Å². The number of anilines is 2. The third kappa shape index (κ3) is 11.1. The van der Waals surface area contributed by atoms with Crippen LogP contribution < -0.4 is 20.1 Å². The largest absolute Gasteiger partial charge is 0.497 e. The van der Waals surface area contributed by atoms with Gasteiger partial charge in [-0.25, -0.2) is 4.79 Å². The van der Waals surface area contributed by atoms with Crippen molar-refractivity contribution < 1.29 is 28.9 Å². The van der Waals surface area contributed by atoms with Gasteiger partial charge in [-0.15, -0.1) is 0 Å². The Morgan fingerprint density at radius 2 is 1.68 bits per heavy atom. The van der Waals surface area contributed by atoms with Crippen LogP contribution in [-0.4, -0.2) is 92.1 Å². The minimum atomic E-state index is -0.440. The van der Waals surface area contributed by atoms with Gasteiger partial charge in [-0.1, -0.05) is 26.2 Å². The zero-order valence-electron chi connectivity index (χ0n) is 29.0. The SMILES string of the molecule is COc1ccc(NC(=O)Nc2ccc3c(c2)C(=O)N([C@H](C)CO)C[C@H](C)[C@@H](CN(C)CC2CCCCC2)OCCCC[C@H](C)O3)cc1. The number of methoxy groups -OCH3 is 1. The quantitative estimate of drug-likeness (QED) is 0.278. The summed E-state index contributed by atoms with van der Waals surface area (Å²) in [6.45, 7) is 8.74. The van der Waals surface area contributed by atoms with E-state index in [1.165, 1.54) is 32.1 Å². The molecule has 3 N–H and O–H groups in total. The van der Waals surface area contributed by atoms with E-state index in [-0.39, 0.29) is 30.6 Å². The fraction of sp³-hybridized carbons (Fsp3) is 0.622. The minimum absolute atomic E-state index is 0.0181. The van der Waals surface area contributed by atoms with Crippen LogP contribution >= 0.6 is 0 Å². The first kappa shape index (κ1) is 36.5. The lowest BCUT2D eigenvalue weighted by Crippen LogP contribution is -2.47. The van der Waals surface area contributed by atoms with Gasteiger partial charge < -0.3 is 39.8 Å². The summed E-state index contributed by atoms with van der Waals surface area (Å²) in [5.41, 5.74) is 1.40. The van der Waals surface area contributed by atoms with Crippen LogP contribution in [0.5, 0.6) is 11.5 Å². The molecule has 1 aliphatic carbocycles. The Morgan fingerprint density at radius 3 is 2.38 bits per heavy atom. The zero-order chi connectivity index (χ0) is 33.8. The van der Waals surface area contributed by atoms with E-state index < -0.39 is 12.1 Å². The molecule has 0 aromatic heterocycles. The second kappa shape index (κ2) is 18.3. The van der Waals surface area contributed by atoms with E-state index in [0.717, 1.165) is 38.3 Å². The molecular formula is C37H56N4O6. The number of aliphatic hydroxyl groups is 1. The van der Waals surface area contributed by atoms with Crippen LogP contribution in [-0.2, 0) is 4.74 Å². The summed E-state index contributed by atoms with van der Waals surface area (Å²) >= 11 is 0. The van der Waals surface area contributed by atoms with Crippen LogP contribution in [0.2, 0.25) is 0 Å². The van der Waals surface area contributed by atoms with E-state index >= 15 is 0 Å². The molecule has 260 valence electrons. The number of benzene rings is 2. The molecule has 4 atom stereocenters. The van der Waals surface area contributed by atoms with E-state index in [2.05, 4.69) is 29.5 Å². The normalized spacial score (nSPS) is 22.5. The minimum Gasteiger partial charge on any atom is -0.497 e. The van der Waals surface area contributed by atoms with Crippen molar-refractivity contribution >= 4 is 23.3 Å². The highest BCUT2D eigenvalue weighted by Gasteiger charge is 2.31. The number of carbonyl (C=O) groups excluding carboxylic acids is 2. The van der Waals surface area contributed by atoms with Crippen molar-refractivity contribution in [2.45, 2.75) is 90.4 Å². The number of nitrogens with one attached hydrogen (secondary N) is 2. The number of aliphatic hydroxyl groups excluding tert-OH is 1. The molecule has 0 unspecified atom stereocenters. The molecule has 10 nitrogen and oxygen atoms in total. The lowest BCUT2D eigenvalue weighted by atomic mass is 9.89. The van der Waals surface area contributed by atoms with Crippen molar-refractivity contribution in [3.8, 4) is 11.5 Å². The predicted molar refractivity (Wildman–Crippen MR) is 187 cm³/mol. The van der Waals surface area contributed by atoms with Gasteiger partial charge in [0.2, 0.25) is 0 Å². The highest BCUT2D eigenvalue weighted by Crippen LogP contribution is 2.29. The molecule has 1 fully saturated rings. The first-order chi connectivity index (χ1) is 22.7. The summed E-state index contributed by atoms with van der Waals surface area (Å²) in [5, 5.41) is 15.9. The van der Waals surface area contributed by atoms with Crippen LogP contribution in [0, 0.1) is 11.8 Å². The molecule has 0 radical (unpaired) electrons. The second-order valence-electron chi connectivity index (χ2n) is 13.5. The zero-order valence-corrected chi connectivity index (χ0v) is 29.0. The second-order valence-corrected chi connectivity index (χ2v) is 13.5. The molecule has 3 amide bonds. The van der Waals surface area contributed by atoms with Crippen LogP contribution in [0.1, 0.15) is 82.5 Å². The number of nitrogens with zero attached hydrogens (tertiary/aromatic N) is 2. The van der Waals surface area contributed by atoms with Gasteiger partial charge in [0.25, 0.3) is 5.91 Å². The van der Waals surface area contributed by atoms with E-state index in [1.54, 1.807) is 54.5 Å². The van der Waals surface area contributed by atoms with Gasteiger partial charge in [0.05, 0.1) is 37.5 Å². The van der Waals surface area contributed by atoms with Crippen LogP contribution in [0.4, 0.5) is 16.2 Å². The molecule has 0 saturated heterocycles. The number of fused-ring (bicyclic) bond motifs is 1. The van der Waals surface area contributed by atoms with Crippen molar-refractivity contribution in [3.05, 3.63) is 48.0 Å². The lowest BCUT2D eigenvalue weighted by Gasteiger charge is -2.36. The monoisotopic (exact) mass is 652 g/mol. The predicted octanol–water partition coefficient (Wildman–Crippen LogP) is 6.65. The average Bonchev–Trinajstić information content (AvgIpc) is 3.06. The molecular weight excluding hydrogens is 596 g/mol. The van der Waals surface area contributed by atoms with Crippen molar-refractivity contribution in [1.29, 1.82) is 0 Å². The third-order valence-electron chi connectivity index (χ3n) is 9.44. The van der Waals surface area contributed by atoms with Crippen LogP contribution in [0.3, 0.4) is 0 Å². The smallest absolute Gasteiger partial charge is 0.323 e. The van der Waals surface area contributed by atoms with Gasteiger partial charge in [-0.3, -0.25) is 4.79 Å². The molecule has 2 aromatic rings. The summed E-state index contributed by atoms with van der Waals surface area (Å²) in [6, 6.07) is 11.3. The van der Waals surface area contributed by atoms with Crippen molar-refractivity contribution in [1.82, 2.24) is 9.80 Å². The highest BCUT2D eigenvalue weighted by atomic mass is 16.5. The van der Waals surface area contributed by atoms with Crippen molar-refractivity contribution in [2.75, 3.05) is 57.6 Å². The van der Waals surface area contributed by atoms with E-state index in [0.29, 0.717) is 41.6 Å². The first-order valence-electron chi connectivity index (χ1n) is 17.4. The number of urea groups is 1. The maximum atomic E-state index is 14.4. The Morgan fingerprint density at radius 1 is 1.00 bits per heavy atom.